The Kier molecular flexibility index (Phi) is 41.6. The third-order valence-electron chi connectivity index (χ3n) is 21.0. The van der Waals surface area contributed by atoms with Crippen LogP contribution in [0.2, 0.25) is 0 Å². The minimum absolute atomic E-state index is 0.0671. The van der Waals surface area contributed by atoms with Crippen molar-refractivity contribution in [3.63, 3.8) is 0 Å². The monoisotopic (exact) mass is 2000 g/mol. The van der Waals surface area contributed by atoms with Gasteiger partial charge in [0.25, 0.3) is 0 Å². The molecule has 6 atom stereocenters. The molecule has 6 bridgehead atoms. The molecule has 0 aliphatic carbocycles. The molecule has 0 aromatic heterocycles. The number of anilines is 2. The predicted molar refractivity (Wildman–Crippen MR) is 502 cm³/mol. The first-order valence-corrected chi connectivity index (χ1v) is 45.7. The molecule has 6 heterocycles. The van der Waals surface area contributed by atoms with E-state index >= 15 is 0 Å². The first-order valence-electron chi connectivity index (χ1n) is 43.0. The number of nitrogens with one attached hydrogen (secondary N) is 3. The van der Waals surface area contributed by atoms with Gasteiger partial charge in [-0.05, 0) is 245 Å². The standard InChI is InChI=1S/C27H34FN3O4.C19H28FN3O2.C16H15BrFNO2.C11H20N2O2.C8H5BrFN.C8H9BrFN.C8H7ClO2/c1-27(2,3)35-26(33)31-22-11-12-23(31)17-30(16-22)21-10-9-20(24(28)15-21)13-14-29-25(32)34-18-19-7-5-4-6-8-19;1-19(2,3)25-18(24)23-15-6-7-16(23)12-22(11-15)14-5-4-13(8-9-21)17(20)10-14;17-14-7-6-13(15(18)10-14)8-9-19-16(20)21-11-12-4-2-1-3-5-12;1-11(2,3)15-10(14)13-8-4-5-9(13)7-12-6-8;1-11-5-6-2-3-7(9)4-8(6)10;9-7-2-1-6(3-4-11)8(10)5-7;9-8(10)11-6-7-4-2-1-3-5-7/h4-10,15,22-23H,11-14,16-18H2,1-3H3,(H,29,32);4-5,10,15-16H,6-9,11-12,21H2,1-3H3;1-7,10H,8-9,11H2,(H,19,20);8-9,12H,4-7H2,1-3H3;2-4H,5H2;1-2,5H,3-4,11H2;1-5H,6H2. The number of amides is 5. The summed E-state index contributed by atoms with van der Waals surface area (Å²) in [5, 5.41) is 8.62. The highest BCUT2D eigenvalue weighted by Gasteiger charge is 2.47. The van der Waals surface area contributed by atoms with E-state index in [4.69, 9.17) is 53.3 Å². The maximum absolute atomic E-state index is 14.8. The van der Waals surface area contributed by atoms with Crippen LogP contribution in [0.1, 0.15) is 145 Å². The Morgan fingerprint density at radius 3 is 1.00 bits per heavy atom. The third-order valence-corrected chi connectivity index (χ3v) is 22.6. The lowest BCUT2D eigenvalue weighted by atomic mass is 10.1. The second-order valence-electron chi connectivity index (χ2n) is 34.4. The van der Waals surface area contributed by atoms with Crippen LogP contribution in [0.5, 0.6) is 0 Å². The largest absolute Gasteiger partial charge is 0.449 e. The van der Waals surface area contributed by atoms with Gasteiger partial charge in [-0.3, -0.25) is 14.7 Å². The van der Waals surface area contributed by atoms with E-state index in [0.717, 1.165) is 84.2 Å². The molecular weight excluding hydrogens is 1880 g/mol. The SMILES string of the molecule is CC(C)(C)OC(=O)N1C2CCC1CN(c1ccc(CCN)c(F)c1)C2.CC(C)(C)OC(=O)N1C2CCC1CN(c1ccc(CCNC(=O)OCc3ccccc3)c(F)c1)C2.CC(C)(C)OC(=O)N1C2CCC1CNC2.NCCc1ccc(Br)cc1F.O=C(Cl)OCc1ccccc1.O=C(NCCc1ccc(Br)cc1F)OCc1ccccc1.[C-]#[N+]Cc1ccc(Br)cc1F. The molecule has 8 aromatic rings. The summed E-state index contributed by atoms with van der Waals surface area (Å²) in [4.78, 5) is 83.8. The van der Waals surface area contributed by atoms with E-state index in [1.165, 1.54) is 18.2 Å². The number of nitrogens with zero attached hydrogens (tertiary/aromatic N) is 6. The maximum Gasteiger partial charge on any atom is 0.410 e. The number of hydrogen-bond donors (Lipinski definition) is 5. The van der Waals surface area contributed by atoms with Crippen molar-refractivity contribution in [3.8, 4) is 0 Å². The molecule has 0 spiro atoms. The van der Waals surface area contributed by atoms with Gasteiger partial charge in [0.1, 0.15) is 65.7 Å². The van der Waals surface area contributed by atoms with Gasteiger partial charge in [-0.25, -0.2) is 57.3 Å². The number of fused-ring (bicyclic) bond motifs is 6. The van der Waals surface area contributed by atoms with Crippen LogP contribution in [0, 0.1) is 35.7 Å². The third kappa shape index (κ3) is 35.6. The van der Waals surface area contributed by atoms with Crippen molar-refractivity contribution in [2.45, 2.75) is 206 Å². The molecule has 14 rings (SSSR count). The average molecular weight is 2000 g/mol. The topological polar surface area (TPSA) is 266 Å². The number of rotatable bonds is 19. The van der Waals surface area contributed by atoms with E-state index < -0.39 is 28.8 Å². The molecule has 6 aliphatic heterocycles. The molecule has 6 fully saturated rings. The zero-order valence-corrected chi connectivity index (χ0v) is 79.9. The summed E-state index contributed by atoms with van der Waals surface area (Å²) >= 11 is 14.5. The van der Waals surface area contributed by atoms with Gasteiger partial charge in [0, 0.05) is 101 Å². The Morgan fingerprint density at radius 1 is 0.419 bits per heavy atom. The summed E-state index contributed by atoms with van der Waals surface area (Å²) in [6.07, 6.45) is 6.25. The first kappa shape index (κ1) is 104. The number of ether oxygens (including phenoxy) is 6. The molecule has 8 aromatic carbocycles. The van der Waals surface area contributed by atoms with E-state index in [2.05, 4.69) is 83.1 Å². The summed E-state index contributed by atoms with van der Waals surface area (Å²) < 4.78 is 102. The molecule has 6 saturated heterocycles. The van der Waals surface area contributed by atoms with Crippen LogP contribution in [-0.2, 0) is 80.5 Å². The van der Waals surface area contributed by atoms with Gasteiger partial charge >= 0.3 is 35.9 Å². The highest BCUT2D eigenvalue weighted by atomic mass is 79.9. The minimum atomic E-state index is -0.770. The van der Waals surface area contributed by atoms with Crippen LogP contribution in [0.15, 0.2) is 195 Å². The van der Waals surface area contributed by atoms with Gasteiger partial charge in [-0.1, -0.05) is 163 Å². The fraction of sp³-hybridized carbons (Fsp3) is 0.433. The number of hydrogen-bond acceptors (Lipinski definition) is 17. The highest BCUT2D eigenvalue weighted by molar-refractivity contribution is 9.11. The van der Waals surface area contributed by atoms with Crippen molar-refractivity contribution in [1.29, 1.82) is 0 Å². The number of alkyl carbamates (subject to hydrolysis) is 2. The quantitative estimate of drug-likeness (QED) is 0.0218. The van der Waals surface area contributed by atoms with Crippen molar-refractivity contribution >= 4 is 107 Å². The number of piperazine rings is 3. The van der Waals surface area contributed by atoms with Crippen molar-refractivity contribution in [2.75, 3.05) is 75.2 Å². The average Bonchev–Trinajstić information content (AvgIpc) is 1.66. The maximum atomic E-state index is 14.8. The van der Waals surface area contributed by atoms with Crippen LogP contribution in [-0.4, -0.2) is 169 Å². The molecule has 5 amide bonds. The summed E-state index contributed by atoms with van der Waals surface area (Å²) in [7, 11) is 0. The Balaban J connectivity index is 0.000000195. The molecule has 0 saturated carbocycles. The van der Waals surface area contributed by atoms with Gasteiger partial charge in [0.2, 0.25) is 6.54 Å². The van der Waals surface area contributed by atoms with Gasteiger partial charge < -0.3 is 70.5 Å². The van der Waals surface area contributed by atoms with E-state index in [0.29, 0.717) is 120 Å². The summed E-state index contributed by atoms with van der Waals surface area (Å²) in [5.41, 5.74) is 15.9. The molecule has 7 N–H and O–H groups in total. The Hall–Kier alpha value is -10.1. The normalized spacial score (nSPS) is 17.4. The highest BCUT2D eigenvalue weighted by Crippen LogP contribution is 2.37. The summed E-state index contributed by atoms with van der Waals surface area (Å²) in [6.45, 7) is 30.4. The number of nitrogens with two attached hydrogens (primary N) is 2. The van der Waals surface area contributed by atoms with E-state index in [1.54, 1.807) is 48.5 Å². The van der Waals surface area contributed by atoms with Crippen LogP contribution >= 0.6 is 59.4 Å². The van der Waals surface area contributed by atoms with E-state index in [-0.39, 0.29) is 110 Å². The fourth-order valence-corrected chi connectivity index (χ4v) is 16.1. The second-order valence-corrected chi connectivity index (χ2v) is 37.5. The predicted octanol–water partition coefficient (Wildman–Crippen LogP) is 20.9. The zero-order chi connectivity index (χ0) is 94.0. The lowest BCUT2D eigenvalue weighted by Gasteiger charge is -2.42. The van der Waals surface area contributed by atoms with Crippen LogP contribution in [0.25, 0.3) is 4.85 Å². The molecule has 6 aliphatic rings. The molecule has 0 radical (unpaired) electrons. The van der Waals surface area contributed by atoms with E-state index in [1.807, 2.05) is 192 Å². The smallest absolute Gasteiger partial charge is 0.410 e. The van der Waals surface area contributed by atoms with Gasteiger partial charge in [-0.2, -0.15) is 0 Å². The Morgan fingerprint density at radius 2 is 0.705 bits per heavy atom. The Bertz CT molecular complexity index is 4940. The second kappa shape index (κ2) is 51.5. The summed E-state index contributed by atoms with van der Waals surface area (Å²) in [5.74, 6) is -1.31. The molecule has 696 valence electrons. The lowest BCUT2D eigenvalue weighted by molar-refractivity contribution is 0.00957. The number of carbonyl (C=O) groups excluding carboxylic acids is 6. The van der Waals surface area contributed by atoms with Crippen LogP contribution in [0.4, 0.5) is 62.1 Å². The van der Waals surface area contributed by atoms with Crippen LogP contribution < -0.4 is 37.2 Å². The van der Waals surface area contributed by atoms with Crippen LogP contribution in [0.3, 0.4) is 0 Å². The summed E-state index contributed by atoms with van der Waals surface area (Å²) in [6, 6.07) is 54.5. The lowest BCUT2D eigenvalue weighted by Crippen LogP contribution is -2.56. The van der Waals surface area contributed by atoms with Gasteiger partial charge in [0.15, 0.2) is 0 Å². The molecule has 6 unspecified atom stereocenters. The molecule has 129 heavy (non-hydrogen) atoms. The van der Waals surface area contributed by atoms with Crippen molar-refractivity contribution in [3.05, 3.63) is 280 Å². The first-order chi connectivity index (χ1) is 61.4. The van der Waals surface area contributed by atoms with Crippen molar-refractivity contribution in [2.24, 2.45) is 11.5 Å². The number of carbonyl (C=O) groups is 6. The number of benzene rings is 8. The minimum Gasteiger partial charge on any atom is -0.449 e. The molecule has 32 heteroatoms. The fourth-order valence-electron chi connectivity index (χ4n) is 15.1. The molecule has 23 nitrogen and oxygen atoms in total. The van der Waals surface area contributed by atoms with Gasteiger partial charge in [-0.15, -0.1) is 0 Å². The molecular formula is C97H118Br3ClF5N11O12. The van der Waals surface area contributed by atoms with E-state index in [9.17, 15) is 50.7 Å². The Labute approximate surface area is 784 Å². The van der Waals surface area contributed by atoms with Crippen molar-refractivity contribution in [1.82, 2.24) is 30.7 Å². The number of halogens is 9. The van der Waals surface area contributed by atoms with Gasteiger partial charge in [0.05, 0.1) is 29.7 Å². The zero-order valence-electron chi connectivity index (χ0n) is 74.4. The van der Waals surface area contributed by atoms with Crippen molar-refractivity contribution < 1.29 is 79.1 Å².